The van der Waals surface area contributed by atoms with Crippen LogP contribution >= 0.6 is 0 Å². The van der Waals surface area contributed by atoms with Gasteiger partial charge in [-0.15, -0.1) is 0 Å². The van der Waals surface area contributed by atoms with E-state index in [0.29, 0.717) is 17.0 Å². The minimum Gasteiger partial charge on any atom is -0.463 e. The van der Waals surface area contributed by atoms with Gasteiger partial charge >= 0.3 is 0 Å². The number of carbonyl (C=O) groups excluding carboxylic acids is 1. The maximum atomic E-state index is 11.0. The van der Waals surface area contributed by atoms with Crippen molar-refractivity contribution in [2.75, 3.05) is 0 Å². The molecule has 0 bridgehead atoms. The molecule has 0 amide bonds. The number of furan rings is 1. The lowest BCUT2D eigenvalue weighted by atomic mass is 10.1. The van der Waals surface area contributed by atoms with Gasteiger partial charge in [0.1, 0.15) is 5.69 Å². The minimum atomic E-state index is 0.502. The lowest BCUT2D eigenvalue weighted by Gasteiger charge is -2.02. The van der Waals surface area contributed by atoms with Gasteiger partial charge in [0.05, 0.1) is 11.8 Å². The summed E-state index contributed by atoms with van der Waals surface area (Å²) in [6.45, 7) is 0. The smallest absolute Gasteiger partial charge is 0.234 e. The Labute approximate surface area is 97.7 Å². The Morgan fingerprint density at radius 1 is 1.12 bits per heavy atom. The van der Waals surface area contributed by atoms with Crippen molar-refractivity contribution in [3.8, 4) is 11.5 Å². The monoisotopic (exact) mass is 222 g/mol. The molecule has 0 spiro atoms. The van der Waals surface area contributed by atoms with Crippen molar-refractivity contribution in [1.82, 2.24) is 4.98 Å². The van der Waals surface area contributed by atoms with Gasteiger partial charge in [-0.25, -0.2) is 4.98 Å². The second-order valence-electron chi connectivity index (χ2n) is 3.65. The summed E-state index contributed by atoms with van der Waals surface area (Å²) in [6, 6.07) is 12.8. The Morgan fingerprint density at radius 3 is 2.76 bits per heavy atom. The molecule has 17 heavy (non-hydrogen) atoms. The minimum absolute atomic E-state index is 0.502. The molecule has 0 N–H and O–H groups in total. The van der Waals surface area contributed by atoms with E-state index >= 15 is 0 Å². The average Bonchev–Trinajstić information content (AvgIpc) is 2.91. The van der Waals surface area contributed by atoms with E-state index in [2.05, 4.69) is 4.98 Å². The van der Waals surface area contributed by atoms with Crippen LogP contribution < -0.4 is 0 Å². The third kappa shape index (κ3) is 1.61. The Balaban J connectivity index is 2.32. The molecular formula is C14H8NO2. The van der Waals surface area contributed by atoms with E-state index < -0.39 is 0 Å². The molecule has 0 aliphatic heterocycles. The summed E-state index contributed by atoms with van der Waals surface area (Å²) in [5, 5.41) is 0.804. The number of hydrogen-bond donors (Lipinski definition) is 0. The van der Waals surface area contributed by atoms with Crippen molar-refractivity contribution in [1.29, 1.82) is 0 Å². The zero-order valence-corrected chi connectivity index (χ0v) is 8.88. The molecule has 0 atom stereocenters. The van der Waals surface area contributed by atoms with Crippen LogP contribution in [0.2, 0.25) is 0 Å². The fourth-order valence-corrected chi connectivity index (χ4v) is 1.81. The van der Waals surface area contributed by atoms with Gasteiger partial charge in [-0.3, -0.25) is 4.79 Å². The van der Waals surface area contributed by atoms with E-state index in [1.165, 1.54) is 0 Å². The Bertz CT molecular complexity index is 672. The van der Waals surface area contributed by atoms with Crippen molar-refractivity contribution in [3.05, 3.63) is 54.3 Å². The zero-order valence-electron chi connectivity index (χ0n) is 8.88. The van der Waals surface area contributed by atoms with E-state index in [9.17, 15) is 4.79 Å². The third-order valence-electron chi connectivity index (χ3n) is 2.60. The van der Waals surface area contributed by atoms with Gasteiger partial charge < -0.3 is 4.42 Å². The van der Waals surface area contributed by atoms with Crippen LogP contribution in [0.25, 0.3) is 22.4 Å². The SMILES string of the molecule is O=[C]c1cc(-c2ccco2)nc2ccccc12. The van der Waals surface area contributed by atoms with Gasteiger partial charge in [-0.2, -0.15) is 0 Å². The maximum absolute atomic E-state index is 11.0. The van der Waals surface area contributed by atoms with E-state index in [0.717, 1.165) is 10.9 Å². The molecule has 0 saturated heterocycles. The molecule has 1 aromatic carbocycles. The highest BCUT2D eigenvalue weighted by molar-refractivity contribution is 5.97. The second kappa shape index (κ2) is 3.87. The van der Waals surface area contributed by atoms with E-state index in [1.54, 1.807) is 18.4 Å². The van der Waals surface area contributed by atoms with Crippen LogP contribution in [-0.4, -0.2) is 11.3 Å². The predicted molar refractivity (Wildman–Crippen MR) is 64.2 cm³/mol. The van der Waals surface area contributed by atoms with Crippen LogP contribution in [0.1, 0.15) is 5.56 Å². The van der Waals surface area contributed by atoms with Crippen molar-refractivity contribution in [2.45, 2.75) is 0 Å². The molecule has 0 saturated carbocycles. The molecule has 3 heteroatoms. The first-order valence-corrected chi connectivity index (χ1v) is 5.20. The van der Waals surface area contributed by atoms with Crippen LogP contribution in [-0.2, 0) is 4.79 Å². The number of pyridine rings is 1. The highest BCUT2D eigenvalue weighted by atomic mass is 16.3. The first kappa shape index (κ1) is 9.78. The summed E-state index contributed by atoms with van der Waals surface area (Å²) in [5.41, 5.74) is 1.91. The number of benzene rings is 1. The molecule has 3 aromatic rings. The maximum Gasteiger partial charge on any atom is 0.234 e. The van der Waals surface area contributed by atoms with Gasteiger partial charge in [0.2, 0.25) is 6.29 Å². The largest absolute Gasteiger partial charge is 0.463 e. The summed E-state index contributed by atoms with van der Waals surface area (Å²) in [7, 11) is 0. The quantitative estimate of drug-likeness (QED) is 0.669. The molecule has 2 heterocycles. The lowest BCUT2D eigenvalue weighted by Crippen LogP contribution is -1.90. The Morgan fingerprint density at radius 2 is 2.00 bits per heavy atom. The van der Waals surface area contributed by atoms with Crippen LogP contribution in [0.3, 0.4) is 0 Å². The molecule has 3 rings (SSSR count). The standard InChI is InChI=1S/C14H8NO2/c16-9-10-8-13(14-6-3-7-17-14)15-12-5-2-1-4-11(10)12/h1-8H. The van der Waals surface area contributed by atoms with Gasteiger partial charge in [0.25, 0.3) is 0 Å². The second-order valence-corrected chi connectivity index (χ2v) is 3.65. The summed E-state index contributed by atoms with van der Waals surface area (Å²) < 4.78 is 5.28. The van der Waals surface area contributed by atoms with Gasteiger partial charge in [0, 0.05) is 10.9 Å². The zero-order chi connectivity index (χ0) is 11.7. The normalized spacial score (nSPS) is 10.6. The summed E-state index contributed by atoms with van der Waals surface area (Å²) >= 11 is 0. The summed E-state index contributed by atoms with van der Waals surface area (Å²) in [5.74, 6) is 0.646. The highest BCUT2D eigenvalue weighted by Gasteiger charge is 2.08. The van der Waals surface area contributed by atoms with Gasteiger partial charge in [-0.05, 0) is 24.3 Å². The lowest BCUT2D eigenvalue weighted by molar-refractivity contribution is 0.563. The topological polar surface area (TPSA) is 43.1 Å². The number of rotatable bonds is 2. The number of hydrogen-bond acceptors (Lipinski definition) is 3. The van der Waals surface area contributed by atoms with Crippen molar-refractivity contribution in [2.24, 2.45) is 0 Å². The van der Waals surface area contributed by atoms with Crippen LogP contribution in [0.4, 0.5) is 0 Å². The van der Waals surface area contributed by atoms with Crippen LogP contribution in [0.5, 0.6) is 0 Å². The van der Waals surface area contributed by atoms with Crippen molar-refractivity contribution < 1.29 is 9.21 Å². The third-order valence-corrected chi connectivity index (χ3v) is 2.60. The molecule has 3 nitrogen and oxygen atoms in total. The van der Waals surface area contributed by atoms with E-state index in [-0.39, 0.29) is 0 Å². The van der Waals surface area contributed by atoms with E-state index in [1.807, 2.05) is 36.6 Å². The average molecular weight is 222 g/mol. The Kier molecular flexibility index (Phi) is 2.22. The molecule has 1 radical (unpaired) electrons. The molecule has 0 aliphatic carbocycles. The molecule has 81 valence electrons. The summed E-state index contributed by atoms with van der Waals surface area (Å²) in [6.07, 6.45) is 3.52. The van der Waals surface area contributed by atoms with Crippen LogP contribution in [0, 0.1) is 0 Å². The van der Waals surface area contributed by atoms with Gasteiger partial charge in [-0.1, -0.05) is 18.2 Å². The molecular weight excluding hydrogens is 214 g/mol. The molecule has 0 aliphatic rings. The van der Waals surface area contributed by atoms with E-state index in [4.69, 9.17) is 4.42 Å². The number of para-hydroxylation sites is 1. The molecule has 0 fully saturated rings. The number of fused-ring (bicyclic) bond motifs is 1. The van der Waals surface area contributed by atoms with Crippen LogP contribution in [0.15, 0.2) is 53.1 Å². The fourth-order valence-electron chi connectivity index (χ4n) is 1.81. The number of aromatic nitrogens is 1. The molecule has 0 unspecified atom stereocenters. The predicted octanol–water partition coefficient (Wildman–Crippen LogP) is 2.95. The Hall–Kier alpha value is -2.42. The van der Waals surface area contributed by atoms with Crippen molar-refractivity contribution >= 4 is 17.2 Å². The highest BCUT2D eigenvalue weighted by Crippen LogP contribution is 2.23. The number of nitrogens with zero attached hydrogens (tertiary/aromatic N) is 1. The fraction of sp³-hybridized carbons (Fsp3) is 0. The van der Waals surface area contributed by atoms with Gasteiger partial charge in [0.15, 0.2) is 5.76 Å². The first-order chi connectivity index (χ1) is 8.38. The summed E-state index contributed by atoms with van der Waals surface area (Å²) in [4.78, 5) is 15.4. The van der Waals surface area contributed by atoms with Crippen molar-refractivity contribution in [3.63, 3.8) is 0 Å². The molecule has 2 aromatic heterocycles. The first-order valence-electron chi connectivity index (χ1n) is 5.20.